The molecule has 0 aliphatic carbocycles. The summed E-state index contributed by atoms with van der Waals surface area (Å²) in [6, 6.07) is 6.30. The fraction of sp³-hybridized carbons (Fsp3) is 0.385. The predicted octanol–water partition coefficient (Wildman–Crippen LogP) is 2.60. The first-order chi connectivity index (χ1) is 8.40. The van der Waals surface area contributed by atoms with E-state index in [1.807, 2.05) is 4.57 Å². The zero-order valence-electron chi connectivity index (χ0n) is 10.4. The molecule has 5 heteroatoms. The lowest BCUT2D eigenvalue weighted by atomic mass is 10.2. The number of halogens is 1. The second kappa shape index (κ2) is 4.72. The first kappa shape index (κ1) is 13.1. The number of benzene rings is 1. The van der Waals surface area contributed by atoms with Gasteiger partial charge in [0.05, 0.1) is 11.0 Å². The van der Waals surface area contributed by atoms with Crippen molar-refractivity contribution in [3.8, 4) is 0 Å². The van der Waals surface area contributed by atoms with E-state index in [2.05, 4.69) is 0 Å². The molecule has 1 aromatic heterocycles. The van der Waals surface area contributed by atoms with Crippen LogP contribution in [0.25, 0.3) is 10.9 Å². The van der Waals surface area contributed by atoms with E-state index in [1.54, 1.807) is 32.2 Å². The summed E-state index contributed by atoms with van der Waals surface area (Å²) < 4.78 is 38.3. The Morgan fingerprint density at radius 3 is 2.67 bits per heavy atom. The molecule has 0 aliphatic rings. The van der Waals surface area contributed by atoms with E-state index in [1.165, 1.54) is 12.1 Å². The summed E-state index contributed by atoms with van der Waals surface area (Å²) in [6.07, 6.45) is 1.79. The molecule has 0 saturated heterocycles. The molecule has 1 heterocycles. The van der Waals surface area contributed by atoms with E-state index in [0.717, 1.165) is 10.9 Å². The number of nitrogens with zero attached hydrogens (tertiary/aromatic N) is 1. The van der Waals surface area contributed by atoms with Gasteiger partial charge in [-0.3, -0.25) is 0 Å². The number of fused-ring (bicyclic) bond motifs is 1. The van der Waals surface area contributed by atoms with Crippen molar-refractivity contribution in [1.29, 1.82) is 0 Å². The molecule has 18 heavy (non-hydrogen) atoms. The molecule has 0 fully saturated rings. The highest BCUT2D eigenvalue weighted by Gasteiger charge is 2.16. The van der Waals surface area contributed by atoms with Crippen molar-refractivity contribution in [2.75, 3.05) is 5.75 Å². The van der Waals surface area contributed by atoms with Gasteiger partial charge in [0.1, 0.15) is 5.82 Å². The van der Waals surface area contributed by atoms with Crippen LogP contribution in [-0.2, 0) is 16.4 Å². The van der Waals surface area contributed by atoms with Gasteiger partial charge in [-0.25, -0.2) is 12.8 Å². The van der Waals surface area contributed by atoms with Gasteiger partial charge < -0.3 is 4.57 Å². The minimum absolute atomic E-state index is 0.103. The molecular weight excluding hydrogens is 253 g/mol. The lowest BCUT2D eigenvalue weighted by Crippen LogP contribution is -2.20. The number of sulfone groups is 1. The van der Waals surface area contributed by atoms with Gasteiger partial charge in [0.2, 0.25) is 0 Å². The van der Waals surface area contributed by atoms with Crippen molar-refractivity contribution in [3.05, 3.63) is 36.3 Å². The summed E-state index contributed by atoms with van der Waals surface area (Å²) in [4.78, 5) is 0. The number of rotatable bonds is 4. The van der Waals surface area contributed by atoms with Gasteiger partial charge in [-0.1, -0.05) is 0 Å². The minimum atomic E-state index is -3.05. The van der Waals surface area contributed by atoms with E-state index >= 15 is 0 Å². The summed E-state index contributed by atoms with van der Waals surface area (Å²) in [5.74, 6) is -0.179. The average Bonchev–Trinajstić information content (AvgIpc) is 2.68. The third-order valence-corrected chi connectivity index (χ3v) is 5.26. The zero-order valence-corrected chi connectivity index (χ0v) is 11.2. The van der Waals surface area contributed by atoms with Crippen LogP contribution < -0.4 is 0 Å². The maximum atomic E-state index is 13.0. The van der Waals surface area contributed by atoms with Gasteiger partial charge in [-0.05, 0) is 38.1 Å². The molecule has 0 radical (unpaired) electrons. The minimum Gasteiger partial charge on any atom is -0.346 e. The Hall–Kier alpha value is -1.36. The predicted molar refractivity (Wildman–Crippen MR) is 70.8 cm³/mol. The second-order valence-corrected chi connectivity index (χ2v) is 7.30. The Kier molecular flexibility index (Phi) is 3.43. The monoisotopic (exact) mass is 269 g/mol. The highest BCUT2D eigenvalue weighted by atomic mass is 32.2. The molecule has 2 aromatic rings. The Morgan fingerprint density at radius 2 is 2.00 bits per heavy atom. The molecule has 0 saturated carbocycles. The molecule has 0 N–H and O–H groups in total. The number of hydrogen-bond acceptors (Lipinski definition) is 2. The maximum Gasteiger partial charge on any atom is 0.154 e. The maximum absolute atomic E-state index is 13.0. The summed E-state index contributed by atoms with van der Waals surface area (Å²) in [7, 11) is -3.05. The van der Waals surface area contributed by atoms with Crippen LogP contribution >= 0.6 is 0 Å². The van der Waals surface area contributed by atoms with Gasteiger partial charge in [0.25, 0.3) is 0 Å². The third kappa shape index (κ3) is 2.56. The van der Waals surface area contributed by atoms with Crippen molar-refractivity contribution in [1.82, 2.24) is 4.57 Å². The molecule has 0 aliphatic heterocycles. The van der Waals surface area contributed by atoms with Crippen molar-refractivity contribution in [2.45, 2.75) is 25.6 Å². The standard InChI is InChI=1S/C13H16FNO2S/c1-10(2)18(16,17)8-7-15-6-5-11-9-12(14)3-4-13(11)15/h3-6,9-10H,7-8H2,1-2H3. The zero-order chi connectivity index (χ0) is 13.3. The highest BCUT2D eigenvalue weighted by Crippen LogP contribution is 2.17. The molecule has 2 rings (SSSR count). The van der Waals surface area contributed by atoms with Crippen LogP contribution in [-0.4, -0.2) is 24.0 Å². The molecule has 1 aromatic carbocycles. The Bertz CT molecular complexity index is 659. The molecule has 0 unspecified atom stereocenters. The van der Waals surface area contributed by atoms with Crippen molar-refractivity contribution in [2.24, 2.45) is 0 Å². The first-order valence-corrected chi connectivity index (χ1v) is 7.57. The molecule has 0 bridgehead atoms. The van der Waals surface area contributed by atoms with Crippen LogP contribution in [0.1, 0.15) is 13.8 Å². The Labute approximate surface area is 106 Å². The van der Waals surface area contributed by atoms with Gasteiger partial charge in [-0.2, -0.15) is 0 Å². The lowest BCUT2D eigenvalue weighted by molar-refractivity contribution is 0.581. The SMILES string of the molecule is CC(C)S(=O)(=O)CCn1ccc2cc(F)ccc21. The Morgan fingerprint density at radius 1 is 1.28 bits per heavy atom. The van der Waals surface area contributed by atoms with Gasteiger partial charge in [0, 0.05) is 23.6 Å². The summed E-state index contributed by atoms with van der Waals surface area (Å²) >= 11 is 0. The second-order valence-electron chi connectivity index (χ2n) is 4.63. The molecule has 98 valence electrons. The normalized spacial score (nSPS) is 12.4. The van der Waals surface area contributed by atoms with Gasteiger partial charge >= 0.3 is 0 Å². The smallest absolute Gasteiger partial charge is 0.154 e. The first-order valence-electron chi connectivity index (χ1n) is 5.86. The topological polar surface area (TPSA) is 39.1 Å². The van der Waals surface area contributed by atoms with Crippen LogP contribution in [0.3, 0.4) is 0 Å². The Balaban J connectivity index is 2.23. The lowest BCUT2D eigenvalue weighted by Gasteiger charge is -2.09. The van der Waals surface area contributed by atoms with Crippen LogP contribution in [0.5, 0.6) is 0 Å². The molecule has 3 nitrogen and oxygen atoms in total. The number of aryl methyl sites for hydroxylation is 1. The van der Waals surface area contributed by atoms with Crippen LogP contribution in [0.2, 0.25) is 0 Å². The van der Waals surface area contributed by atoms with Crippen molar-refractivity contribution in [3.63, 3.8) is 0 Å². The van der Waals surface area contributed by atoms with Crippen LogP contribution in [0, 0.1) is 5.82 Å². The molecular formula is C13H16FNO2S. The van der Waals surface area contributed by atoms with E-state index in [4.69, 9.17) is 0 Å². The largest absolute Gasteiger partial charge is 0.346 e. The van der Waals surface area contributed by atoms with Crippen molar-refractivity contribution < 1.29 is 12.8 Å². The number of hydrogen-bond donors (Lipinski definition) is 0. The summed E-state index contributed by atoms with van der Waals surface area (Å²) in [6.45, 7) is 3.76. The molecule has 0 amide bonds. The van der Waals surface area contributed by atoms with E-state index in [0.29, 0.717) is 6.54 Å². The summed E-state index contributed by atoms with van der Waals surface area (Å²) in [5.41, 5.74) is 0.857. The van der Waals surface area contributed by atoms with E-state index < -0.39 is 9.84 Å². The summed E-state index contributed by atoms with van der Waals surface area (Å²) in [5, 5.41) is 0.425. The molecule has 0 atom stereocenters. The van der Waals surface area contributed by atoms with Gasteiger partial charge in [0.15, 0.2) is 9.84 Å². The van der Waals surface area contributed by atoms with Gasteiger partial charge in [-0.15, -0.1) is 0 Å². The fourth-order valence-electron chi connectivity index (χ4n) is 1.83. The fourth-order valence-corrected chi connectivity index (χ4v) is 2.75. The highest BCUT2D eigenvalue weighted by molar-refractivity contribution is 7.91. The molecule has 0 spiro atoms. The van der Waals surface area contributed by atoms with Crippen LogP contribution in [0.15, 0.2) is 30.5 Å². The van der Waals surface area contributed by atoms with Crippen molar-refractivity contribution >= 4 is 20.7 Å². The van der Waals surface area contributed by atoms with E-state index in [-0.39, 0.29) is 16.8 Å². The average molecular weight is 269 g/mol. The quantitative estimate of drug-likeness (QED) is 0.856. The third-order valence-electron chi connectivity index (χ3n) is 3.07. The van der Waals surface area contributed by atoms with Crippen LogP contribution in [0.4, 0.5) is 4.39 Å². The van der Waals surface area contributed by atoms with E-state index in [9.17, 15) is 12.8 Å². The number of aromatic nitrogens is 1.